The van der Waals surface area contributed by atoms with Crippen molar-refractivity contribution < 1.29 is 18.3 Å². The molecule has 128 valence electrons. The number of carbonyl (C=O) groups is 1. The topological polar surface area (TPSA) is 86.7 Å². The average Bonchev–Trinajstić information content (AvgIpc) is 2.55. The summed E-state index contributed by atoms with van der Waals surface area (Å²) >= 11 is 5.75. The zero-order valence-electron chi connectivity index (χ0n) is 12.9. The van der Waals surface area contributed by atoms with E-state index in [-0.39, 0.29) is 18.0 Å². The Hall–Kier alpha value is -1.93. The molecule has 2 rings (SSSR count). The van der Waals surface area contributed by atoms with Gasteiger partial charge in [0.2, 0.25) is 15.9 Å². The summed E-state index contributed by atoms with van der Waals surface area (Å²) in [5.41, 5.74) is 1.14. The second-order valence-corrected chi connectivity index (χ2v) is 7.60. The number of aliphatic hydroxyl groups is 1. The van der Waals surface area contributed by atoms with Crippen molar-refractivity contribution in [1.29, 1.82) is 0 Å². The van der Waals surface area contributed by atoms with Gasteiger partial charge in [-0.15, -0.1) is 0 Å². The smallest absolute Gasteiger partial charge is 0.243 e. The average molecular weight is 369 g/mol. The minimum Gasteiger partial charge on any atom is -0.392 e. The number of amides is 1. The van der Waals surface area contributed by atoms with Crippen LogP contribution in [0.1, 0.15) is 5.56 Å². The number of aliphatic hydroxyl groups excluding tert-OH is 1. The number of carbonyl (C=O) groups excluding carboxylic acids is 1. The summed E-state index contributed by atoms with van der Waals surface area (Å²) in [5.74, 6) is -0.481. The minimum absolute atomic E-state index is 0.0597. The maximum absolute atomic E-state index is 12.4. The minimum atomic E-state index is -3.78. The molecule has 0 aliphatic carbocycles. The van der Waals surface area contributed by atoms with Crippen LogP contribution < -0.4 is 5.32 Å². The van der Waals surface area contributed by atoms with Crippen LogP contribution in [0.2, 0.25) is 5.02 Å². The number of rotatable bonds is 6. The molecule has 0 saturated carbocycles. The summed E-state index contributed by atoms with van der Waals surface area (Å²) in [4.78, 5) is 12.1. The maximum Gasteiger partial charge on any atom is 0.243 e. The van der Waals surface area contributed by atoms with E-state index >= 15 is 0 Å². The van der Waals surface area contributed by atoms with E-state index in [4.69, 9.17) is 16.7 Å². The first-order valence-corrected chi connectivity index (χ1v) is 8.86. The molecule has 0 aliphatic heterocycles. The molecule has 0 radical (unpaired) electrons. The van der Waals surface area contributed by atoms with Crippen LogP contribution in [0, 0.1) is 0 Å². The zero-order valence-corrected chi connectivity index (χ0v) is 14.5. The number of halogens is 1. The van der Waals surface area contributed by atoms with E-state index in [9.17, 15) is 13.2 Å². The standard InChI is InChI=1S/C16H17ClN2O4S/c1-19(24(22,23)15-7-5-13(17)6-8-15)10-16(21)18-14-4-2-3-12(9-14)11-20/h2-9,20H,10-11H2,1H3,(H,18,21). The van der Waals surface area contributed by atoms with Crippen LogP contribution in [-0.2, 0) is 21.4 Å². The van der Waals surface area contributed by atoms with Crippen LogP contribution in [0.25, 0.3) is 0 Å². The van der Waals surface area contributed by atoms with Crippen molar-refractivity contribution >= 4 is 33.2 Å². The van der Waals surface area contributed by atoms with Crippen molar-refractivity contribution in [2.45, 2.75) is 11.5 Å². The van der Waals surface area contributed by atoms with Gasteiger partial charge in [-0.2, -0.15) is 4.31 Å². The van der Waals surface area contributed by atoms with E-state index in [2.05, 4.69) is 5.32 Å². The van der Waals surface area contributed by atoms with Gasteiger partial charge in [-0.25, -0.2) is 8.42 Å². The SMILES string of the molecule is CN(CC(=O)Nc1cccc(CO)c1)S(=O)(=O)c1ccc(Cl)cc1. The van der Waals surface area contributed by atoms with E-state index in [1.54, 1.807) is 24.3 Å². The molecule has 0 aliphatic rings. The molecule has 0 atom stereocenters. The van der Waals surface area contributed by atoms with Crippen molar-refractivity contribution in [3.05, 3.63) is 59.1 Å². The molecule has 2 N–H and O–H groups in total. The molecule has 0 bridgehead atoms. The molecule has 0 unspecified atom stereocenters. The third-order valence-electron chi connectivity index (χ3n) is 3.28. The Labute approximate surface area is 145 Å². The Balaban J connectivity index is 2.06. The molecule has 0 aromatic heterocycles. The lowest BCUT2D eigenvalue weighted by atomic mass is 10.2. The lowest BCUT2D eigenvalue weighted by molar-refractivity contribution is -0.116. The number of hydrogen-bond donors (Lipinski definition) is 2. The summed E-state index contributed by atoms with van der Waals surface area (Å²) in [6.07, 6.45) is 0. The number of benzene rings is 2. The molecule has 0 saturated heterocycles. The van der Waals surface area contributed by atoms with Gasteiger partial charge in [-0.05, 0) is 42.0 Å². The summed E-state index contributed by atoms with van der Waals surface area (Å²) in [5, 5.41) is 12.1. The van der Waals surface area contributed by atoms with Gasteiger partial charge in [0.1, 0.15) is 0 Å². The van der Waals surface area contributed by atoms with E-state index in [1.807, 2.05) is 0 Å². The highest BCUT2D eigenvalue weighted by atomic mass is 35.5. The van der Waals surface area contributed by atoms with Gasteiger partial charge >= 0.3 is 0 Å². The molecule has 2 aromatic carbocycles. The predicted molar refractivity (Wildman–Crippen MR) is 92.3 cm³/mol. The predicted octanol–water partition coefficient (Wildman–Crippen LogP) is 2.09. The number of sulfonamides is 1. The summed E-state index contributed by atoms with van der Waals surface area (Å²) < 4.78 is 25.8. The molecule has 8 heteroatoms. The van der Waals surface area contributed by atoms with Gasteiger partial charge in [0, 0.05) is 17.8 Å². The monoisotopic (exact) mass is 368 g/mol. The van der Waals surface area contributed by atoms with E-state index in [0.717, 1.165) is 4.31 Å². The Morgan fingerprint density at radius 1 is 1.21 bits per heavy atom. The molecular weight excluding hydrogens is 352 g/mol. The van der Waals surface area contributed by atoms with Crippen LogP contribution in [-0.4, -0.2) is 37.3 Å². The lowest BCUT2D eigenvalue weighted by Crippen LogP contribution is -2.34. The van der Waals surface area contributed by atoms with Gasteiger partial charge in [-0.1, -0.05) is 23.7 Å². The molecule has 1 amide bonds. The van der Waals surface area contributed by atoms with Crippen LogP contribution in [0.4, 0.5) is 5.69 Å². The summed E-state index contributed by atoms with van der Waals surface area (Å²) in [6, 6.07) is 12.4. The van der Waals surface area contributed by atoms with Gasteiger partial charge < -0.3 is 10.4 Å². The number of hydrogen-bond acceptors (Lipinski definition) is 4. The fourth-order valence-corrected chi connectivity index (χ4v) is 3.27. The number of nitrogens with one attached hydrogen (secondary N) is 1. The second kappa shape index (κ2) is 7.76. The molecule has 6 nitrogen and oxygen atoms in total. The normalized spacial score (nSPS) is 11.5. The molecule has 24 heavy (non-hydrogen) atoms. The molecule has 0 fully saturated rings. The number of anilines is 1. The highest BCUT2D eigenvalue weighted by Crippen LogP contribution is 2.17. The third kappa shape index (κ3) is 4.55. The first-order chi connectivity index (χ1) is 11.3. The van der Waals surface area contributed by atoms with Gasteiger partial charge in [-0.3, -0.25) is 4.79 Å². The summed E-state index contributed by atoms with van der Waals surface area (Å²) in [6.45, 7) is -0.483. The second-order valence-electron chi connectivity index (χ2n) is 5.12. The van der Waals surface area contributed by atoms with Crippen molar-refractivity contribution in [3.8, 4) is 0 Å². The van der Waals surface area contributed by atoms with Crippen molar-refractivity contribution in [2.24, 2.45) is 0 Å². The van der Waals surface area contributed by atoms with Crippen LogP contribution in [0.3, 0.4) is 0 Å². The third-order valence-corrected chi connectivity index (χ3v) is 5.35. The molecular formula is C16H17ClN2O4S. The van der Waals surface area contributed by atoms with Crippen molar-refractivity contribution in [3.63, 3.8) is 0 Å². The Bertz CT molecular complexity index is 822. The Kier molecular flexibility index (Phi) is 5.95. The van der Waals surface area contributed by atoms with Crippen molar-refractivity contribution in [1.82, 2.24) is 4.31 Å². The number of nitrogens with zero attached hydrogens (tertiary/aromatic N) is 1. The van der Waals surface area contributed by atoms with E-state index in [0.29, 0.717) is 16.3 Å². The fraction of sp³-hybridized carbons (Fsp3) is 0.188. The largest absolute Gasteiger partial charge is 0.392 e. The Morgan fingerprint density at radius 3 is 2.50 bits per heavy atom. The molecule has 0 spiro atoms. The number of likely N-dealkylation sites (N-methyl/N-ethyl adjacent to an activating group) is 1. The Morgan fingerprint density at radius 2 is 1.88 bits per heavy atom. The highest BCUT2D eigenvalue weighted by Gasteiger charge is 2.22. The van der Waals surface area contributed by atoms with Crippen molar-refractivity contribution in [2.75, 3.05) is 18.9 Å². The van der Waals surface area contributed by atoms with Gasteiger partial charge in [0.25, 0.3) is 0 Å². The lowest BCUT2D eigenvalue weighted by Gasteiger charge is -2.17. The first-order valence-electron chi connectivity index (χ1n) is 7.04. The van der Waals surface area contributed by atoms with Crippen LogP contribution >= 0.6 is 11.6 Å². The van der Waals surface area contributed by atoms with Gasteiger partial charge in [0.05, 0.1) is 18.0 Å². The zero-order chi connectivity index (χ0) is 17.7. The quantitative estimate of drug-likeness (QED) is 0.817. The molecule has 2 aromatic rings. The first kappa shape index (κ1) is 18.4. The van der Waals surface area contributed by atoms with Crippen LogP contribution in [0.15, 0.2) is 53.4 Å². The maximum atomic E-state index is 12.4. The van der Waals surface area contributed by atoms with Crippen LogP contribution in [0.5, 0.6) is 0 Å². The molecule has 0 heterocycles. The highest BCUT2D eigenvalue weighted by molar-refractivity contribution is 7.89. The van der Waals surface area contributed by atoms with E-state index < -0.39 is 15.9 Å². The van der Waals surface area contributed by atoms with E-state index in [1.165, 1.54) is 31.3 Å². The van der Waals surface area contributed by atoms with Gasteiger partial charge in [0.15, 0.2) is 0 Å². The summed E-state index contributed by atoms with van der Waals surface area (Å²) in [7, 11) is -2.46. The fourth-order valence-electron chi connectivity index (χ4n) is 2.02.